The maximum Gasteiger partial charge on any atom is 0.124 e. The topological polar surface area (TPSA) is 30.5 Å². The van der Waals surface area contributed by atoms with Gasteiger partial charge in [-0.05, 0) is 49.8 Å². The van der Waals surface area contributed by atoms with Gasteiger partial charge in [-0.2, -0.15) is 5.48 Å². The van der Waals surface area contributed by atoms with Crippen LogP contribution in [0.1, 0.15) is 36.0 Å². The average molecular weight is 249 g/mol. The van der Waals surface area contributed by atoms with Crippen LogP contribution in [0.5, 0.6) is 5.75 Å². The third-order valence-corrected chi connectivity index (χ3v) is 3.78. The molecule has 2 rings (SSSR count). The zero-order valence-electron chi connectivity index (χ0n) is 11.6. The highest BCUT2D eigenvalue weighted by Crippen LogP contribution is 2.29. The predicted molar refractivity (Wildman–Crippen MR) is 72.6 cm³/mol. The molecule has 0 aromatic heterocycles. The Balaban J connectivity index is 2.06. The van der Waals surface area contributed by atoms with Gasteiger partial charge in [0.1, 0.15) is 5.75 Å². The summed E-state index contributed by atoms with van der Waals surface area (Å²) in [6.07, 6.45) is 3.99. The third kappa shape index (κ3) is 3.24. The van der Waals surface area contributed by atoms with Crippen LogP contribution in [0.4, 0.5) is 0 Å². The molecule has 0 amide bonds. The first-order valence-electron chi connectivity index (χ1n) is 6.69. The molecule has 0 heterocycles. The minimum atomic E-state index is 0.678. The molecule has 1 aliphatic rings. The van der Waals surface area contributed by atoms with Crippen LogP contribution >= 0.6 is 0 Å². The van der Waals surface area contributed by atoms with Crippen LogP contribution in [0.15, 0.2) is 12.1 Å². The maximum absolute atomic E-state index is 5.98. The molecular weight excluding hydrogens is 226 g/mol. The largest absolute Gasteiger partial charge is 0.493 e. The van der Waals surface area contributed by atoms with E-state index in [1.54, 1.807) is 7.11 Å². The summed E-state index contributed by atoms with van der Waals surface area (Å²) in [6, 6.07) is 4.32. The van der Waals surface area contributed by atoms with E-state index in [0.29, 0.717) is 6.54 Å². The van der Waals surface area contributed by atoms with Gasteiger partial charge in [-0.1, -0.05) is 12.5 Å². The first kappa shape index (κ1) is 13.4. The van der Waals surface area contributed by atoms with Gasteiger partial charge < -0.3 is 9.57 Å². The van der Waals surface area contributed by atoms with Crippen LogP contribution in [-0.4, -0.2) is 13.7 Å². The Labute approximate surface area is 109 Å². The minimum Gasteiger partial charge on any atom is -0.493 e. The Hall–Kier alpha value is -1.06. The second kappa shape index (κ2) is 6.21. The Morgan fingerprint density at radius 1 is 1.22 bits per heavy atom. The van der Waals surface area contributed by atoms with E-state index in [9.17, 15) is 0 Å². The van der Waals surface area contributed by atoms with Gasteiger partial charge in [0.2, 0.25) is 0 Å². The van der Waals surface area contributed by atoms with E-state index in [2.05, 4.69) is 31.5 Å². The summed E-state index contributed by atoms with van der Waals surface area (Å²) in [5, 5.41) is 0. The van der Waals surface area contributed by atoms with Crippen LogP contribution in [0.3, 0.4) is 0 Å². The monoisotopic (exact) mass is 249 g/mol. The van der Waals surface area contributed by atoms with Gasteiger partial charge in [-0.25, -0.2) is 0 Å². The summed E-state index contributed by atoms with van der Waals surface area (Å²) >= 11 is 0. The van der Waals surface area contributed by atoms with Gasteiger partial charge in [0.25, 0.3) is 0 Å². The molecule has 18 heavy (non-hydrogen) atoms. The van der Waals surface area contributed by atoms with E-state index in [1.165, 1.54) is 36.0 Å². The third-order valence-electron chi connectivity index (χ3n) is 3.78. The summed E-state index contributed by atoms with van der Waals surface area (Å²) in [5.41, 5.74) is 6.62. The van der Waals surface area contributed by atoms with Gasteiger partial charge in [0.05, 0.1) is 13.7 Å². The zero-order valence-corrected chi connectivity index (χ0v) is 11.6. The molecule has 1 aromatic rings. The second-order valence-electron chi connectivity index (χ2n) is 5.18. The quantitative estimate of drug-likeness (QED) is 0.786. The lowest BCUT2D eigenvalue weighted by molar-refractivity contribution is 0.0854. The Morgan fingerprint density at radius 3 is 2.56 bits per heavy atom. The van der Waals surface area contributed by atoms with Crippen molar-refractivity contribution < 1.29 is 9.57 Å². The maximum atomic E-state index is 5.98. The highest BCUT2D eigenvalue weighted by Gasteiger charge is 2.18. The van der Waals surface area contributed by atoms with Crippen molar-refractivity contribution in [3.63, 3.8) is 0 Å². The molecule has 3 nitrogen and oxygen atoms in total. The summed E-state index contributed by atoms with van der Waals surface area (Å²) < 4.78 is 5.98. The number of aryl methyl sites for hydroxylation is 2. The van der Waals surface area contributed by atoms with Crippen molar-refractivity contribution in [3.05, 3.63) is 28.8 Å². The van der Waals surface area contributed by atoms with Crippen LogP contribution < -0.4 is 10.2 Å². The van der Waals surface area contributed by atoms with Crippen molar-refractivity contribution in [3.8, 4) is 5.75 Å². The van der Waals surface area contributed by atoms with Gasteiger partial charge in [-0.15, -0.1) is 0 Å². The van der Waals surface area contributed by atoms with Crippen LogP contribution in [0, 0.1) is 19.8 Å². The standard InChI is InChI=1S/C15H23NO2/c1-11-7-14(9-16-17-3)15(8-12(11)2)18-10-13-5-4-6-13/h7-8,13,16H,4-6,9-10H2,1-3H3. The molecule has 0 aliphatic heterocycles. The number of rotatable bonds is 6. The molecule has 1 aromatic carbocycles. The fourth-order valence-corrected chi connectivity index (χ4v) is 2.14. The Morgan fingerprint density at radius 2 is 1.94 bits per heavy atom. The van der Waals surface area contributed by atoms with Gasteiger partial charge in [0.15, 0.2) is 0 Å². The van der Waals surface area contributed by atoms with Crippen LogP contribution in [-0.2, 0) is 11.4 Å². The van der Waals surface area contributed by atoms with Crippen LogP contribution in [0.2, 0.25) is 0 Å². The van der Waals surface area contributed by atoms with Gasteiger partial charge in [0, 0.05) is 12.1 Å². The molecule has 1 fully saturated rings. The molecule has 1 N–H and O–H groups in total. The minimum absolute atomic E-state index is 0.678. The summed E-state index contributed by atoms with van der Waals surface area (Å²) in [6.45, 7) is 5.78. The lowest BCUT2D eigenvalue weighted by atomic mass is 9.86. The normalized spacial score (nSPS) is 15.5. The number of nitrogens with one attached hydrogen (secondary N) is 1. The number of hydrogen-bond donors (Lipinski definition) is 1. The molecule has 3 heteroatoms. The Kier molecular flexibility index (Phi) is 4.61. The second-order valence-corrected chi connectivity index (χ2v) is 5.18. The zero-order chi connectivity index (χ0) is 13.0. The fraction of sp³-hybridized carbons (Fsp3) is 0.600. The molecule has 0 bridgehead atoms. The smallest absolute Gasteiger partial charge is 0.124 e. The van der Waals surface area contributed by atoms with Crippen molar-refractivity contribution in [1.29, 1.82) is 0 Å². The number of hydrogen-bond acceptors (Lipinski definition) is 3. The van der Waals surface area contributed by atoms with Crippen molar-refractivity contribution in [2.75, 3.05) is 13.7 Å². The molecule has 0 atom stereocenters. The summed E-state index contributed by atoms with van der Waals surface area (Å²) in [5.74, 6) is 1.75. The van der Waals surface area contributed by atoms with E-state index in [4.69, 9.17) is 9.57 Å². The number of ether oxygens (including phenoxy) is 1. The molecule has 100 valence electrons. The molecule has 0 spiro atoms. The van der Waals surface area contributed by atoms with Crippen molar-refractivity contribution in [2.45, 2.75) is 39.7 Å². The van der Waals surface area contributed by atoms with Gasteiger partial charge >= 0.3 is 0 Å². The summed E-state index contributed by atoms with van der Waals surface area (Å²) in [7, 11) is 1.63. The molecular formula is C15H23NO2. The van der Waals surface area contributed by atoms with E-state index >= 15 is 0 Å². The molecule has 0 radical (unpaired) electrons. The average Bonchev–Trinajstić information content (AvgIpc) is 2.29. The highest BCUT2D eigenvalue weighted by molar-refractivity contribution is 5.41. The lowest BCUT2D eigenvalue weighted by Crippen LogP contribution is -2.20. The van der Waals surface area contributed by atoms with Crippen molar-refractivity contribution >= 4 is 0 Å². The van der Waals surface area contributed by atoms with Crippen molar-refractivity contribution in [1.82, 2.24) is 5.48 Å². The lowest BCUT2D eigenvalue weighted by Gasteiger charge is -2.26. The number of hydroxylamine groups is 1. The molecule has 0 saturated heterocycles. The fourth-order valence-electron chi connectivity index (χ4n) is 2.14. The number of benzene rings is 1. The summed E-state index contributed by atoms with van der Waals surface area (Å²) in [4.78, 5) is 4.92. The van der Waals surface area contributed by atoms with Crippen LogP contribution in [0.25, 0.3) is 0 Å². The Bertz CT molecular complexity index is 400. The highest BCUT2D eigenvalue weighted by atomic mass is 16.6. The van der Waals surface area contributed by atoms with E-state index in [0.717, 1.165) is 18.3 Å². The predicted octanol–water partition coefficient (Wildman–Crippen LogP) is 3.13. The molecule has 1 saturated carbocycles. The first-order valence-corrected chi connectivity index (χ1v) is 6.69. The van der Waals surface area contributed by atoms with Gasteiger partial charge in [-0.3, -0.25) is 0 Å². The SMILES string of the molecule is CONCc1cc(C)c(C)cc1OCC1CCC1. The van der Waals surface area contributed by atoms with E-state index < -0.39 is 0 Å². The first-order chi connectivity index (χ1) is 8.70. The molecule has 1 aliphatic carbocycles. The van der Waals surface area contributed by atoms with E-state index in [-0.39, 0.29) is 0 Å². The van der Waals surface area contributed by atoms with Crippen molar-refractivity contribution in [2.24, 2.45) is 5.92 Å². The molecule has 0 unspecified atom stereocenters. The van der Waals surface area contributed by atoms with E-state index in [1.807, 2.05) is 0 Å².